The maximum Gasteiger partial charge on any atom is 0.244 e. The fourth-order valence-corrected chi connectivity index (χ4v) is 2.26. The highest BCUT2D eigenvalue weighted by Gasteiger charge is 2.24. The van der Waals surface area contributed by atoms with Crippen LogP contribution in [0.2, 0.25) is 0 Å². The molecule has 106 valence electrons. The number of rotatable bonds is 4. The SMILES string of the molecule is CC(C)(O)CN1CCN(C(=O)Cn2ccnn2)CC1. The van der Waals surface area contributed by atoms with Gasteiger partial charge in [-0.1, -0.05) is 5.21 Å². The third kappa shape index (κ3) is 4.29. The zero-order valence-corrected chi connectivity index (χ0v) is 11.5. The molecule has 1 aliphatic rings. The van der Waals surface area contributed by atoms with Crippen molar-refractivity contribution in [2.24, 2.45) is 0 Å². The van der Waals surface area contributed by atoms with Crippen molar-refractivity contribution in [3.8, 4) is 0 Å². The predicted molar refractivity (Wildman–Crippen MR) is 69.3 cm³/mol. The van der Waals surface area contributed by atoms with Gasteiger partial charge in [0.15, 0.2) is 0 Å². The van der Waals surface area contributed by atoms with E-state index in [-0.39, 0.29) is 12.5 Å². The molecule has 1 aromatic rings. The van der Waals surface area contributed by atoms with Gasteiger partial charge in [-0.25, -0.2) is 4.68 Å². The van der Waals surface area contributed by atoms with Crippen LogP contribution >= 0.6 is 0 Å². The smallest absolute Gasteiger partial charge is 0.244 e. The second-order valence-corrected chi connectivity index (χ2v) is 5.57. The molecule has 1 fully saturated rings. The third-order valence-corrected chi connectivity index (χ3v) is 3.10. The number of hydrogen-bond acceptors (Lipinski definition) is 5. The Morgan fingerprint density at radius 1 is 1.32 bits per heavy atom. The topological polar surface area (TPSA) is 74.5 Å². The van der Waals surface area contributed by atoms with E-state index in [1.54, 1.807) is 26.2 Å². The average Bonchev–Trinajstić information content (AvgIpc) is 2.80. The Bertz CT molecular complexity index is 404. The number of nitrogens with zero attached hydrogens (tertiary/aromatic N) is 5. The Morgan fingerprint density at radius 3 is 2.53 bits per heavy atom. The number of aliphatic hydroxyl groups is 1. The van der Waals surface area contributed by atoms with Gasteiger partial charge in [0.25, 0.3) is 0 Å². The second-order valence-electron chi connectivity index (χ2n) is 5.57. The molecule has 1 aromatic heterocycles. The van der Waals surface area contributed by atoms with E-state index in [9.17, 15) is 9.90 Å². The van der Waals surface area contributed by atoms with Crippen LogP contribution in [0.5, 0.6) is 0 Å². The van der Waals surface area contributed by atoms with Crippen LogP contribution in [0.1, 0.15) is 13.8 Å². The van der Waals surface area contributed by atoms with Gasteiger partial charge in [-0.2, -0.15) is 0 Å². The molecule has 2 rings (SSSR count). The molecule has 0 saturated carbocycles. The van der Waals surface area contributed by atoms with Crippen LogP contribution in [0.15, 0.2) is 12.4 Å². The molecule has 0 bridgehead atoms. The molecule has 0 aliphatic carbocycles. The summed E-state index contributed by atoms with van der Waals surface area (Å²) in [6.45, 7) is 7.47. The maximum absolute atomic E-state index is 12.0. The van der Waals surface area contributed by atoms with Crippen LogP contribution < -0.4 is 0 Å². The van der Waals surface area contributed by atoms with Gasteiger partial charge < -0.3 is 10.0 Å². The van der Waals surface area contributed by atoms with E-state index >= 15 is 0 Å². The minimum Gasteiger partial charge on any atom is -0.389 e. The van der Waals surface area contributed by atoms with Gasteiger partial charge in [0.05, 0.1) is 11.8 Å². The first kappa shape index (κ1) is 14.0. The summed E-state index contributed by atoms with van der Waals surface area (Å²) in [6.07, 6.45) is 3.25. The summed E-state index contributed by atoms with van der Waals surface area (Å²) in [4.78, 5) is 16.0. The molecular formula is C12H21N5O2. The first-order chi connectivity index (χ1) is 8.94. The van der Waals surface area contributed by atoms with E-state index in [4.69, 9.17) is 0 Å². The molecule has 0 aromatic carbocycles. The van der Waals surface area contributed by atoms with Crippen LogP contribution in [-0.2, 0) is 11.3 Å². The summed E-state index contributed by atoms with van der Waals surface area (Å²) in [5.74, 6) is 0.0633. The number of aromatic nitrogens is 3. The van der Waals surface area contributed by atoms with Gasteiger partial charge in [0.1, 0.15) is 6.54 Å². The van der Waals surface area contributed by atoms with Crippen molar-refractivity contribution in [2.45, 2.75) is 26.0 Å². The summed E-state index contributed by atoms with van der Waals surface area (Å²) in [5, 5.41) is 17.2. The van der Waals surface area contributed by atoms with Crippen molar-refractivity contribution in [3.63, 3.8) is 0 Å². The van der Waals surface area contributed by atoms with Gasteiger partial charge in [-0.05, 0) is 13.8 Å². The lowest BCUT2D eigenvalue weighted by atomic mass is 10.1. The highest BCUT2D eigenvalue weighted by molar-refractivity contribution is 5.76. The standard InChI is InChI=1S/C12H21N5O2/c1-12(2,19)10-15-5-7-16(8-6-15)11(18)9-17-4-3-13-14-17/h3-4,19H,5-10H2,1-2H3. The van der Waals surface area contributed by atoms with Crippen molar-refractivity contribution in [3.05, 3.63) is 12.4 Å². The first-order valence-electron chi connectivity index (χ1n) is 6.51. The second kappa shape index (κ2) is 5.66. The van der Waals surface area contributed by atoms with Crippen LogP contribution in [0.25, 0.3) is 0 Å². The van der Waals surface area contributed by atoms with Crippen LogP contribution in [0.4, 0.5) is 0 Å². The Morgan fingerprint density at radius 2 is 2.00 bits per heavy atom. The molecule has 2 heterocycles. The Kier molecular flexibility index (Phi) is 4.16. The third-order valence-electron chi connectivity index (χ3n) is 3.10. The molecule has 1 saturated heterocycles. The summed E-state index contributed by atoms with van der Waals surface area (Å²) >= 11 is 0. The zero-order chi connectivity index (χ0) is 13.9. The van der Waals surface area contributed by atoms with Gasteiger partial charge in [0.2, 0.25) is 5.91 Å². The van der Waals surface area contributed by atoms with Gasteiger partial charge in [-0.3, -0.25) is 9.69 Å². The summed E-state index contributed by atoms with van der Waals surface area (Å²) in [5.41, 5.74) is -0.688. The minimum absolute atomic E-state index is 0.0633. The van der Waals surface area contributed by atoms with Crippen molar-refractivity contribution < 1.29 is 9.90 Å². The molecule has 0 spiro atoms. The molecule has 19 heavy (non-hydrogen) atoms. The lowest BCUT2D eigenvalue weighted by Gasteiger charge is -2.37. The van der Waals surface area contributed by atoms with E-state index < -0.39 is 5.60 Å². The zero-order valence-electron chi connectivity index (χ0n) is 11.5. The number of carbonyl (C=O) groups is 1. The molecule has 1 aliphatic heterocycles. The Hall–Kier alpha value is -1.47. The highest BCUT2D eigenvalue weighted by atomic mass is 16.3. The molecule has 7 heteroatoms. The lowest BCUT2D eigenvalue weighted by Crippen LogP contribution is -2.52. The fraction of sp³-hybridized carbons (Fsp3) is 0.750. The van der Waals surface area contributed by atoms with Crippen LogP contribution in [0.3, 0.4) is 0 Å². The Labute approximate surface area is 112 Å². The van der Waals surface area contributed by atoms with Crippen molar-refractivity contribution in [1.82, 2.24) is 24.8 Å². The summed E-state index contributed by atoms with van der Waals surface area (Å²) < 4.78 is 1.53. The number of carbonyl (C=O) groups excluding carboxylic acids is 1. The maximum atomic E-state index is 12.0. The lowest BCUT2D eigenvalue weighted by molar-refractivity contribution is -0.134. The van der Waals surface area contributed by atoms with Crippen LogP contribution in [0, 0.1) is 0 Å². The average molecular weight is 267 g/mol. The molecule has 7 nitrogen and oxygen atoms in total. The molecular weight excluding hydrogens is 246 g/mol. The fourth-order valence-electron chi connectivity index (χ4n) is 2.26. The van der Waals surface area contributed by atoms with E-state index in [1.807, 2.05) is 4.90 Å². The van der Waals surface area contributed by atoms with Gasteiger partial charge in [-0.15, -0.1) is 5.10 Å². The van der Waals surface area contributed by atoms with Crippen LogP contribution in [-0.4, -0.2) is 74.1 Å². The monoisotopic (exact) mass is 267 g/mol. The Balaban J connectivity index is 1.78. The predicted octanol–water partition coefficient (Wildman–Crippen LogP) is -0.807. The molecule has 0 unspecified atom stereocenters. The van der Waals surface area contributed by atoms with E-state index in [1.165, 1.54) is 4.68 Å². The van der Waals surface area contributed by atoms with Crippen molar-refractivity contribution in [2.75, 3.05) is 32.7 Å². The van der Waals surface area contributed by atoms with Gasteiger partial charge >= 0.3 is 0 Å². The molecule has 0 atom stereocenters. The number of hydrogen-bond donors (Lipinski definition) is 1. The number of amides is 1. The molecule has 1 N–H and O–H groups in total. The largest absolute Gasteiger partial charge is 0.389 e. The van der Waals surface area contributed by atoms with Gasteiger partial charge in [0, 0.05) is 38.9 Å². The summed E-state index contributed by atoms with van der Waals surface area (Å²) in [7, 11) is 0. The van der Waals surface area contributed by atoms with E-state index in [2.05, 4.69) is 15.2 Å². The number of β-amino-alcohol motifs (C(OH)–C–C–N with tert-alkyl or cyclic N) is 1. The molecule has 1 amide bonds. The summed E-state index contributed by atoms with van der Waals surface area (Å²) in [6, 6.07) is 0. The normalized spacial score (nSPS) is 17.7. The minimum atomic E-state index is -0.688. The van der Waals surface area contributed by atoms with E-state index in [0.717, 1.165) is 13.1 Å². The first-order valence-corrected chi connectivity index (χ1v) is 6.51. The van der Waals surface area contributed by atoms with E-state index in [0.29, 0.717) is 19.6 Å². The quantitative estimate of drug-likeness (QED) is 0.772. The number of piperazine rings is 1. The molecule has 0 radical (unpaired) electrons. The highest BCUT2D eigenvalue weighted by Crippen LogP contribution is 2.09. The van der Waals surface area contributed by atoms with Crippen molar-refractivity contribution in [1.29, 1.82) is 0 Å². The van der Waals surface area contributed by atoms with Crippen molar-refractivity contribution >= 4 is 5.91 Å².